The third-order valence-electron chi connectivity index (χ3n) is 6.07. The summed E-state index contributed by atoms with van der Waals surface area (Å²) in [6, 6.07) is 0. The van der Waals surface area contributed by atoms with Crippen LogP contribution in [-0.2, 0) is 19.6 Å². The maximum Gasteiger partial charge on any atom is 0.460 e. The Hall–Kier alpha value is -1.40. The van der Waals surface area contributed by atoms with E-state index in [2.05, 4.69) is 4.74 Å². The SMILES string of the molecule is CC(O)C(C)(C)C(F)(F)C(F)(F)C(C)(C)C(F)(F)C(F)OC(F)(F)C(F)(OC(F)(F)C(F)(F)S(=O)(=O)O)C(F)(F)F. The number of aliphatic hydroxyl groups is 1. The molecule has 6 nitrogen and oxygen atoms in total. The Balaban J connectivity index is 6.89. The van der Waals surface area contributed by atoms with Crippen LogP contribution >= 0.6 is 0 Å². The molecule has 0 spiro atoms. The van der Waals surface area contributed by atoms with Gasteiger partial charge in [-0.2, -0.15) is 78.7 Å². The van der Waals surface area contributed by atoms with Gasteiger partial charge in [0.1, 0.15) is 5.41 Å². The van der Waals surface area contributed by atoms with Crippen molar-refractivity contribution in [1.82, 2.24) is 0 Å². The predicted octanol–water partition coefficient (Wildman–Crippen LogP) is 6.55. The lowest BCUT2D eigenvalue weighted by Crippen LogP contribution is -2.68. The fourth-order valence-corrected chi connectivity index (χ4v) is 2.84. The summed E-state index contributed by atoms with van der Waals surface area (Å²) in [5, 5.41) is 1.95. The number of aliphatic hydroxyl groups excluding tert-OH is 1. The predicted molar refractivity (Wildman–Crippen MR) is 97.4 cm³/mol. The molecule has 3 unspecified atom stereocenters. The molecule has 248 valence electrons. The molecule has 0 aromatic carbocycles. The molecular weight excluding hydrogens is 655 g/mol. The maximum absolute atomic E-state index is 14.7. The highest BCUT2D eigenvalue weighted by Crippen LogP contribution is 2.62. The number of rotatable bonds is 13. The largest absolute Gasteiger partial charge is 0.460 e. The highest BCUT2D eigenvalue weighted by molar-refractivity contribution is 7.86. The van der Waals surface area contributed by atoms with E-state index < -0.39 is 94.5 Å². The summed E-state index contributed by atoms with van der Waals surface area (Å²) >= 11 is 0. The van der Waals surface area contributed by atoms with Gasteiger partial charge in [-0.05, 0) is 20.8 Å². The first-order chi connectivity index (χ1) is 17.3. The van der Waals surface area contributed by atoms with E-state index in [1.165, 1.54) is 0 Å². The summed E-state index contributed by atoms with van der Waals surface area (Å²) in [4.78, 5) is 0. The second-order valence-electron chi connectivity index (χ2n) is 9.45. The van der Waals surface area contributed by atoms with E-state index in [4.69, 9.17) is 4.55 Å². The van der Waals surface area contributed by atoms with Crippen molar-refractivity contribution >= 4 is 10.1 Å². The van der Waals surface area contributed by atoms with Crippen LogP contribution in [0.1, 0.15) is 34.6 Å². The van der Waals surface area contributed by atoms with Crippen molar-refractivity contribution in [2.75, 3.05) is 0 Å². The number of halogens is 17. The number of alkyl halides is 17. The van der Waals surface area contributed by atoms with E-state index in [0.717, 1.165) is 0 Å². The molecule has 0 bridgehead atoms. The highest BCUT2D eigenvalue weighted by Gasteiger charge is 2.84. The molecule has 0 aliphatic heterocycles. The molecule has 0 aromatic rings. The van der Waals surface area contributed by atoms with Crippen molar-refractivity contribution in [2.24, 2.45) is 10.8 Å². The Morgan fingerprint density at radius 2 is 1.05 bits per heavy atom. The lowest BCUT2D eigenvalue weighted by Gasteiger charge is -2.49. The molecule has 0 rings (SSSR count). The molecule has 0 saturated heterocycles. The third kappa shape index (κ3) is 5.90. The smallest absolute Gasteiger partial charge is 0.393 e. The topological polar surface area (TPSA) is 93.1 Å². The summed E-state index contributed by atoms with van der Waals surface area (Å²) in [7, 11) is -7.63. The van der Waals surface area contributed by atoms with Gasteiger partial charge < -0.3 is 5.11 Å². The molecule has 24 heteroatoms. The van der Waals surface area contributed by atoms with Gasteiger partial charge in [0, 0.05) is 0 Å². The van der Waals surface area contributed by atoms with Gasteiger partial charge in [-0.3, -0.25) is 14.0 Å². The Morgan fingerprint density at radius 1 is 0.683 bits per heavy atom. The zero-order valence-electron chi connectivity index (χ0n) is 20.5. The van der Waals surface area contributed by atoms with Gasteiger partial charge in [-0.1, -0.05) is 13.8 Å². The lowest BCUT2D eigenvalue weighted by atomic mass is 9.67. The molecule has 41 heavy (non-hydrogen) atoms. The molecule has 0 radical (unpaired) electrons. The number of hydrogen-bond donors (Lipinski definition) is 2. The van der Waals surface area contributed by atoms with Crippen molar-refractivity contribution in [3.8, 4) is 0 Å². The van der Waals surface area contributed by atoms with Crippen LogP contribution in [0.5, 0.6) is 0 Å². The second-order valence-corrected chi connectivity index (χ2v) is 10.9. The molecule has 0 aliphatic carbocycles. The maximum atomic E-state index is 14.7. The summed E-state index contributed by atoms with van der Waals surface area (Å²) in [5.74, 6) is -26.7. The Labute approximate surface area is 218 Å². The van der Waals surface area contributed by atoms with Crippen LogP contribution in [0.4, 0.5) is 74.6 Å². The van der Waals surface area contributed by atoms with Crippen molar-refractivity contribution in [3.63, 3.8) is 0 Å². The minimum Gasteiger partial charge on any atom is -0.393 e. The normalized spacial score (nSPS) is 19.1. The molecule has 2 N–H and O–H groups in total. The fraction of sp³-hybridized carbons (Fsp3) is 1.00. The zero-order valence-corrected chi connectivity index (χ0v) is 21.3. The average molecular weight is 674 g/mol. The van der Waals surface area contributed by atoms with Crippen LogP contribution in [0, 0.1) is 10.8 Å². The van der Waals surface area contributed by atoms with E-state index >= 15 is 0 Å². The molecule has 0 fully saturated rings. The van der Waals surface area contributed by atoms with Crippen molar-refractivity contribution < 1.29 is 102 Å². The van der Waals surface area contributed by atoms with Gasteiger partial charge in [0.15, 0.2) is 0 Å². The Morgan fingerprint density at radius 3 is 1.34 bits per heavy atom. The third-order valence-corrected chi connectivity index (χ3v) is 6.96. The fourth-order valence-electron chi connectivity index (χ4n) is 2.50. The molecule has 0 saturated carbocycles. The van der Waals surface area contributed by atoms with Crippen LogP contribution in [0.15, 0.2) is 0 Å². The quantitative estimate of drug-likeness (QED) is 0.170. The highest BCUT2D eigenvalue weighted by atomic mass is 32.2. The summed E-state index contributed by atoms with van der Waals surface area (Å²) in [6.45, 7) is -0.653. The Bertz CT molecular complexity index is 1050. The standard InChI is InChI=1S/C17H19F17O6S/c1-6(35)8(2,3)11(21,22)12(23,24)9(4,5)10(19,20)7(18)39-15(29,30)13(25,14(26,27)28)40-16(31,32)17(33,34)41(36,37)38/h6-7,35H,1-5H3,(H,36,37,38). The van der Waals surface area contributed by atoms with Crippen LogP contribution in [-0.4, -0.2) is 77.8 Å². The van der Waals surface area contributed by atoms with Crippen LogP contribution in [0.3, 0.4) is 0 Å². The average Bonchev–Trinajstić information content (AvgIpc) is 2.70. The first kappa shape index (κ1) is 39.6. The van der Waals surface area contributed by atoms with Gasteiger partial charge in [0.2, 0.25) is 0 Å². The van der Waals surface area contributed by atoms with Crippen LogP contribution in [0.2, 0.25) is 0 Å². The molecular formula is C17H19F17O6S. The second kappa shape index (κ2) is 10.4. The molecule has 3 atom stereocenters. The zero-order chi connectivity index (χ0) is 34.1. The van der Waals surface area contributed by atoms with Crippen molar-refractivity contribution in [3.05, 3.63) is 0 Å². The first-order valence-corrected chi connectivity index (χ1v) is 11.4. The van der Waals surface area contributed by atoms with E-state index in [1.807, 2.05) is 0 Å². The Kier molecular flexibility index (Phi) is 10.0. The minimum absolute atomic E-state index is 0.151. The minimum atomic E-state index is -7.94. The van der Waals surface area contributed by atoms with Crippen molar-refractivity contribution in [2.45, 2.75) is 94.4 Å². The molecule has 0 aromatic heterocycles. The van der Waals surface area contributed by atoms with Gasteiger partial charge >= 0.3 is 57.4 Å². The van der Waals surface area contributed by atoms with Crippen LogP contribution in [0.25, 0.3) is 0 Å². The molecule has 0 amide bonds. The number of hydrogen-bond acceptors (Lipinski definition) is 5. The monoisotopic (exact) mass is 674 g/mol. The van der Waals surface area contributed by atoms with E-state index in [-0.39, 0.29) is 13.8 Å². The number of ether oxygens (including phenoxy) is 2. The van der Waals surface area contributed by atoms with Crippen molar-refractivity contribution in [1.29, 1.82) is 0 Å². The summed E-state index contributed by atoms with van der Waals surface area (Å²) < 4.78 is 268. The van der Waals surface area contributed by atoms with E-state index in [1.54, 1.807) is 4.74 Å². The summed E-state index contributed by atoms with van der Waals surface area (Å²) in [5.41, 5.74) is -8.46. The first-order valence-electron chi connectivity index (χ1n) is 9.97. The van der Waals surface area contributed by atoms with Gasteiger partial charge in [-0.25, -0.2) is 4.39 Å². The van der Waals surface area contributed by atoms with Crippen LogP contribution < -0.4 is 0 Å². The lowest BCUT2D eigenvalue weighted by molar-refractivity contribution is -0.526. The van der Waals surface area contributed by atoms with Gasteiger partial charge in [0.05, 0.1) is 11.5 Å². The van der Waals surface area contributed by atoms with E-state index in [0.29, 0.717) is 6.92 Å². The molecule has 0 aliphatic rings. The summed E-state index contributed by atoms with van der Waals surface area (Å²) in [6.07, 6.45) is -31.6. The van der Waals surface area contributed by atoms with E-state index in [9.17, 15) is 88.2 Å². The van der Waals surface area contributed by atoms with Gasteiger partial charge in [0.25, 0.3) is 6.36 Å². The molecule has 0 heterocycles. The van der Waals surface area contributed by atoms with Gasteiger partial charge in [-0.15, -0.1) is 0 Å².